The first-order valence-electron chi connectivity index (χ1n) is 6.25. The summed E-state index contributed by atoms with van der Waals surface area (Å²) < 4.78 is 55.4. The predicted molar refractivity (Wildman–Crippen MR) is 69.0 cm³/mol. The number of ether oxygens (including phenoxy) is 1. The Morgan fingerprint density at radius 1 is 1.29 bits per heavy atom. The Morgan fingerprint density at radius 2 is 1.86 bits per heavy atom. The summed E-state index contributed by atoms with van der Waals surface area (Å²) in [5.74, 6) is 2.85. The zero-order chi connectivity index (χ0) is 16.0. The predicted octanol–water partition coefficient (Wildman–Crippen LogP) is 3.59. The van der Waals surface area contributed by atoms with Gasteiger partial charge in [0.2, 0.25) is 0 Å². The first-order valence-corrected chi connectivity index (χ1v) is 6.25. The smallest absolute Gasteiger partial charge is 0.416 e. The van der Waals surface area contributed by atoms with Crippen molar-refractivity contribution in [3.05, 3.63) is 35.4 Å². The van der Waals surface area contributed by atoms with Crippen LogP contribution in [0.3, 0.4) is 0 Å². The molecule has 0 heterocycles. The van der Waals surface area contributed by atoms with Crippen molar-refractivity contribution in [2.45, 2.75) is 26.2 Å². The summed E-state index contributed by atoms with van der Waals surface area (Å²) in [5.41, 5.74) is -0.563. The van der Waals surface area contributed by atoms with Crippen molar-refractivity contribution in [2.75, 3.05) is 6.61 Å². The molecule has 0 spiro atoms. The summed E-state index contributed by atoms with van der Waals surface area (Å²) in [5, 5.41) is 0. The van der Waals surface area contributed by atoms with Gasteiger partial charge < -0.3 is 4.74 Å². The van der Waals surface area contributed by atoms with E-state index in [0.717, 1.165) is 24.3 Å². The quantitative estimate of drug-likeness (QED) is 0.484. The first-order chi connectivity index (χ1) is 9.75. The van der Waals surface area contributed by atoms with E-state index in [9.17, 15) is 22.4 Å². The van der Waals surface area contributed by atoms with Crippen LogP contribution >= 0.6 is 0 Å². The normalized spacial score (nSPS) is 13.8. The largest absolute Gasteiger partial charge is 0.466 e. The molecule has 2 nitrogen and oxygen atoms in total. The molecule has 21 heavy (non-hydrogen) atoms. The van der Waals surface area contributed by atoms with Gasteiger partial charge in [-0.1, -0.05) is 11.8 Å². The Bertz CT molecular complexity index is 538. The number of halogens is 4. The highest BCUT2D eigenvalue weighted by molar-refractivity contribution is 5.73. The lowest BCUT2D eigenvalue weighted by Gasteiger charge is -2.10. The monoisotopic (exact) mass is 302 g/mol. The summed E-state index contributed by atoms with van der Waals surface area (Å²) in [4.78, 5) is 11.3. The van der Waals surface area contributed by atoms with Crippen LogP contribution in [0.2, 0.25) is 0 Å². The van der Waals surface area contributed by atoms with Crippen molar-refractivity contribution >= 4 is 5.97 Å². The van der Waals surface area contributed by atoms with Gasteiger partial charge >= 0.3 is 12.1 Å². The van der Waals surface area contributed by atoms with Gasteiger partial charge in [0.1, 0.15) is 0 Å². The van der Waals surface area contributed by atoms with Crippen molar-refractivity contribution < 1.29 is 27.1 Å². The van der Waals surface area contributed by atoms with Crippen molar-refractivity contribution in [1.82, 2.24) is 0 Å². The molecular formula is C15H14F4O2. The number of carbonyl (C=O) groups is 1. The highest BCUT2D eigenvalue weighted by Crippen LogP contribution is 2.28. The first kappa shape index (κ1) is 17.0. The molecule has 0 radical (unpaired) electrons. The maximum absolute atomic E-state index is 13.7. The second-order valence-electron chi connectivity index (χ2n) is 4.29. The van der Waals surface area contributed by atoms with Crippen LogP contribution in [-0.4, -0.2) is 18.7 Å². The van der Waals surface area contributed by atoms with E-state index < -0.39 is 29.8 Å². The van der Waals surface area contributed by atoms with Gasteiger partial charge in [-0.3, -0.25) is 4.79 Å². The molecule has 0 saturated carbocycles. The minimum atomic E-state index is -4.42. The molecule has 0 aliphatic heterocycles. The number of carbonyl (C=O) groups excluding carboxylic acids is 1. The van der Waals surface area contributed by atoms with Crippen LogP contribution in [0.15, 0.2) is 24.3 Å². The lowest BCUT2D eigenvalue weighted by molar-refractivity contribution is -0.148. The fourth-order valence-electron chi connectivity index (χ4n) is 1.41. The minimum Gasteiger partial charge on any atom is -0.466 e. The van der Waals surface area contributed by atoms with Crippen molar-refractivity contribution in [3.63, 3.8) is 0 Å². The third kappa shape index (κ3) is 5.10. The van der Waals surface area contributed by atoms with Crippen LogP contribution in [0.4, 0.5) is 17.6 Å². The molecular weight excluding hydrogens is 288 g/mol. The van der Waals surface area contributed by atoms with E-state index in [1.165, 1.54) is 6.92 Å². The van der Waals surface area contributed by atoms with E-state index >= 15 is 0 Å². The summed E-state index contributed by atoms with van der Waals surface area (Å²) in [6.07, 6.45) is -6.17. The number of rotatable bonds is 3. The fraction of sp³-hybridized carbons (Fsp3) is 0.400. The molecule has 0 aromatic heterocycles. The van der Waals surface area contributed by atoms with Crippen LogP contribution in [0.25, 0.3) is 0 Å². The molecule has 6 heteroatoms. The zero-order valence-corrected chi connectivity index (χ0v) is 11.5. The molecule has 0 bridgehead atoms. The summed E-state index contributed by atoms with van der Waals surface area (Å²) >= 11 is 0. The third-order valence-electron chi connectivity index (χ3n) is 2.66. The standard InChI is InChI=1S/C15H14F4O2/c1-3-21-14(20)10(2)13(16)9-6-11-4-7-12(8-5-11)15(17,18)19/h4-5,7-8,10,13H,3H2,1-2H3/t10-,13-/m0/s1. The lowest BCUT2D eigenvalue weighted by atomic mass is 10.1. The molecule has 0 saturated heterocycles. The van der Waals surface area contributed by atoms with Gasteiger partial charge in [-0.25, -0.2) is 4.39 Å². The summed E-state index contributed by atoms with van der Waals surface area (Å²) in [6, 6.07) is 4.03. The van der Waals surface area contributed by atoms with E-state index in [-0.39, 0.29) is 12.2 Å². The number of hydrogen-bond donors (Lipinski definition) is 0. The van der Waals surface area contributed by atoms with Gasteiger partial charge in [-0.05, 0) is 38.1 Å². The van der Waals surface area contributed by atoms with Gasteiger partial charge in [-0.15, -0.1) is 0 Å². The number of esters is 1. The topological polar surface area (TPSA) is 26.3 Å². The van der Waals surface area contributed by atoms with E-state index in [4.69, 9.17) is 0 Å². The Balaban J connectivity index is 2.76. The van der Waals surface area contributed by atoms with Crippen LogP contribution in [0.1, 0.15) is 25.0 Å². The minimum absolute atomic E-state index is 0.141. The lowest BCUT2D eigenvalue weighted by Crippen LogP contribution is -2.23. The molecule has 1 aromatic rings. The van der Waals surface area contributed by atoms with Gasteiger partial charge in [0, 0.05) is 5.56 Å². The third-order valence-corrected chi connectivity index (χ3v) is 2.66. The molecule has 0 aliphatic rings. The highest BCUT2D eigenvalue weighted by atomic mass is 19.4. The van der Waals surface area contributed by atoms with E-state index in [0.29, 0.717) is 0 Å². The van der Waals surface area contributed by atoms with Crippen LogP contribution in [0.5, 0.6) is 0 Å². The van der Waals surface area contributed by atoms with Crippen LogP contribution in [-0.2, 0) is 15.7 Å². The van der Waals surface area contributed by atoms with Crippen LogP contribution < -0.4 is 0 Å². The van der Waals surface area contributed by atoms with Crippen LogP contribution in [0, 0.1) is 17.8 Å². The molecule has 114 valence electrons. The zero-order valence-electron chi connectivity index (χ0n) is 11.5. The molecule has 1 rings (SSSR count). The molecule has 0 unspecified atom stereocenters. The second kappa shape index (κ2) is 7.11. The van der Waals surface area contributed by atoms with E-state index in [2.05, 4.69) is 16.6 Å². The van der Waals surface area contributed by atoms with Gasteiger partial charge in [-0.2, -0.15) is 13.2 Å². The average molecular weight is 302 g/mol. The van der Waals surface area contributed by atoms with Crippen molar-refractivity contribution in [3.8, 4) is 11.8 Å². The summed E-state index contributed by atoms with van der Waals surface area (Å²) in [7, 11) is 0. The van der Waals surface area contributed by atoms with Crippen molar-refractivity contribution in [2.24, 2.45) is 5.92 Å². The van der Waals surface area contributed by atoms with E-state index in [1.807, 2.05) is 0 Å². The fourth-order valence-corrected chi connectivity index (χ4v) is 1.41. The van der Waals surface area contributed by atoms with Gasteiger partial charge in [0.25, 0.3) is 0 Å². The highest BCUT2D eigenvalue weighted by Gasteiger charge is 2.29. The second-order valence-corrected chi connectivity index (χ2v) is 4.29. The Morgan fingerprint density at radius 3 is 2.33 bits per heavy atom. The molecule has 0 fully saturated rings. The maximum atomic E-state index is 13.7. The Labute approximate surface area is 120 Å². The number of alkyl halides is 4. The maximum Gasteiger partial charge on any atom is 0.416 e. The number of benzene rings is 1. The number of hydrogen-bond acceptors (Lipinski definition) is 2. The Kier molecular flexibility index (Phi) is 5.77. The molecule has 0 aliphatic carbocycles. The van der Waals surface area contributed by atoms with Crippen molar-refractivity contribution in [1.29, 1.82) is 0 Å². The summed E-state index contributed by atoms with van der Waals surface area (Å²) in [6.45, 7) is 3.08. The van der Waals surface area contributed by atoms with Gasteiger partial charge in [0.05, 0.1) is 18.1 Å². The molecule has 2 atom stereocenters. The van der Waals surface area contributed by atoms with Gasteiger partial charge in [0.15, 0.2) is 6.17 Å². The SMILES string of the molecule is CCOC(=O)[C@@H](C)[C@@H](F)C#Cc1ccc(C(F)(F)F)cc1. The molecule has 0 amide bonds. The molecule has 1 aromatic carbocycles. The average Bonchev–Trinajstić information content (AvgIpc) is 2.43. The Hall–Kier alpha value is -2.03. The molecule has 0 N–H and O–H groups in total. The van der Waals surface area contributed by atoms with E-state index in [1.54, 1.807) is 6.92 Å².